The summed E-state index contributed by atoms with van der Waals surface area (Å²) in [6.45, 7) is 11.7. The molecule has 0 aliphatic heterocycles. The zero-order chi connectivity index (χ0) is 14.3. The summed E-state index contributed by atoms with van der Waals surface area (Å²) in [7, 11) is 2.05. The summed E-state index contributed by atoms with van der Waals surface area (Å²) in [5, 5.41) is 3.40. The van der Waals surface area contributed by atoms with Crippen LogP contribution in [-0.2, 0) is 6.54 Å². The largest absolute Gasteiger partial charge is 0.344 e. The molecule has 0 radical (unpaired) electrons. The van der Waals surface area contributed by atoms with Gasteiger partial charge in [0.05, 0.1) is 0 Å². The lowest BCUT2D eigenvalue weighted by molar-refractivity contribution is 0.548. The van der Waals surface area contributed by atoms with Crippen molar-refractivity contribution in [2.75, 3.05) is 25.0 Å². The number of aromatic nitrogens is 2. The molecule has 1 unspecified atom stereocenters. The monoisotopic (exact) mass is 264 g/mol. The van der Waals surface area contributed by atoms with Crippen molar-refractivity contribution in [2.45, 2.75) is 40.7 Å². The molecule has 0 fully saturated rings. The number of hydrogen-bond donors (Lipinski definition) is 1. The van der Waals surface area contributed by atoms with E-state index in [1.54, 1.807) is 0 Å². The number of rotatable bonds is 8. The topological polar surface area (TPSA) is 41.1 Å². The Morgan fingerprint density at radius 1 is 1.21 bits per heavy atom. The van der Waals surface area contributed by atoms with Crippen LogP contribution >= 0.6 is 0 Å². The van der Waals surface area contributed by atoms with E-state index in [1.165, 1.54) is 6.42 Å². The zero-order valence-electron chi connectivity index (χ0n) is 13.0. The molecule has 0 bridgehead atoms. The Labute approximate surface area is 117 Å². The third kappa shape index (κ3) is 6.01. The predicted molar refractivity (Wildman–Crippen MR) is 81.3 cm³/mol. The minimum atomic E-state index is 0.668. The fraction of sp³-hybridized carbons (Fsp3) is 0.733. The van der Waals surface area contributed by atoms with Gasteiger partial charge < -0.3 is 10.2 Å². The first-order valence-electron chi connectivity index (χ1n) is 7.25. The molecule has 0 aromatic carbocycles. The van der Waals surface area contributed by atoms with Gasteiger partial charge in [0, 0.05) is 38.1 Å². The highest BCUT2D eigenvalue weighted by molar-refractivity contribution is 5.28. The highest BCUT2D eigenvalue weighted by atomic mass is 15.2. The van der Waals surface area contributed by atoms with Crippen molar-refractivity contribution in [1.29, 1.82) is 0 Å². The maximum atomic E-state index is 4.44. The maximum Gasteiger partial charge on any atom is 0.225 e. The van der Waals surface area contributed by atoms with Gasteiger partial charge in [-0.3, -0.25) is 0 Å². The van der Waals surface area contributed by atoms with E-state index >= 15 is 0 Å². The Kier molecular flexibility index (Phi) is 6.78. The average Bonchev–Trinajstić information content (AvgIpc) is 2.38. The summed E-state index contributed by atoms with van der Waals surface area (Å²) < 4.78 is 0. The molecule has 4 heteroatoms. The van der Waals surface area contributed by atoms with Crippen LogP contribution in [0.1, 0.15) is 39.7 Å². The average molecular weight is 264 g/mol. The van der Waals surface area contributed by atoms with Gasteiger partial charge in [-0.15, -0.1) is 0 Å². The highest BCUT2D eigenvalue weighted by Gasteiger charge is 2.08. The number of hydrogen-bond acceptors (Lipinski definition) is 4. The molecule has 0 aliphatic carbocycles. The molecular weight excluding hydrogens is 236 g/mol. The van der Waals surface area contributed by atoms with Crippen molar-refractivity contribution in [1.82, 2.24) is 15.3 Å². The van der Waals surface area contributed by atoms with Gasteiger partial charge in [0.2, 0.25) is 5.95 Å². The van der Waals surface area contributed by atoms with E-state index in [1.807, 2.05) is 12.4 Å². The lowest BCUT2D eigenvalue weighted by Gasteiger charge is -2.20. The summed E-state index contributed by atoms with van der Waals surface area (Å²) in [6, 6.07) is 0. The van der Waals surface area contributed by atoms with Crippen LogP contribution in [0.5, 0.6) is 0 Å². The first-order chi connectivity index (χ1) is 9.02. The normalized spacial score (nSPS) is 12.7. The van der Waals surface area contributed by atoms with Crippen molar-refractivity contribution in [2.24, 2.45) is 11.8 Å². The van der Waals surface area contributed by atoms with E-state index in [-0.39, 0.29) is 0 Å². The van der Waals surface area contributed by atoms with Gasteiger partial charge in [0.1, 0.15) is 0 Å². The summed E-state index contributed by atoms with van der Waals surface area (Å²) >= 11 is 0. The fourth-order valence-corrected chi connectivity index (χ4v) is 1.82. The smallest absolute Gasteiger partial charge is 0.225 e. The van der Waals surface area contributed by atoms with Gasteiger partial charge in [-0.25, -0.2) is 9.97 Å². The predicted octanol–water partition coefficient (Wildman–Crippen LogP) is 2.70. The van der Waals surface area contributed by atoms with Crippen LogP contribution in [0.4, 0.5) is 5.95 Å². The van der Waals surface area contributed by atoms with E-state index in [0.717, 1.165) is 31.1 Å². The molecule has 1 rings (SSSR count). The second-order valence-corrected chi connectivity index (χ2v) is 5.81. The Hall–Kier alpha value is -1.16. The highest BCUT2D eigenvalue weighted by Crippen LogP contribution is 2.09. The van der Waals surface area contributed by atoms with Gasteiger partial charge >= 0.3 is 0 Å². The van der Waals surface area contributed by atoms with Crippen LogP contribution in [0.2, 0.25) is 0 Å². The van der Waals surface area contributed by atoms with E-state index in [0.29, 0.717) is 11.8 Å². The fourth-order valence-electron chi connectivity index (χ4n) is 1.82. The van der Waals surface area contributed by atoms with E-state index in [4.69, 9.17) is 0 Å². The van der Waals surface area contributed by atoms with Gasteiger partial charge in [-0.1, -0.05) is 34.1 Å². The third-order valence-electron chi connectivity index (χ3n) is 3.20. The lowest BCUT2D eigenvalue weighted by atomic mass is 10.1. The second kappa shape index (κ2) is 8.10. The molecule has 0 aliphatic rings. The number of nitrogens with zero attached hydrogens (tertiary/aromatic N) is 3. The summed E-state index contributed by atoms with van der Waals surface area (Å²) in [4.78, 5) is 11.0. The molecule has 0 amide bonds. The summed E-state index contributed by atoms with van der Waals surface area (Å²) in [6.07, 6.45) is 5.02. The Morgan fingerprint density at radius 2 is 1.84 bits per heavy atom. The first kappa shape index (κ1) is 15.9. The van der Waals surface area contributed by atoms with Crippen LogP contribution in [-0.4, -0.2) is 30.1 Å². The minimum Gasteiger partial charge on any atom is -0.344 e. The maximum absolute atomic E-state index is 4.44. The van der Waals surface area contributed by atoms with Gasteiger partial charge in [0.15, 0.2) is 0 Å². The van der Waals surface area contributed by atoms with Crippen LogP contribution in [0, 0.1) is 11.8 Å². The van der Waals surface area contributed by atoms with Crippen molar-refractivity contribution < 1.29 is 0 Å². The van der Waals surface area contributed by atoms with Gasteiger partial charge in [-0.05, 0) is 18.4 Å². The molecule has 19 heavy (non-hydrogen) atoms. The third-order valence-corrected chi connectivity index (χ3v) is 3.20. The second-order valence-electron chi connectivity index (χ2n) is 5.81. The quantitative estimate of drug-likeness (QED) is 0.784. The molecule has 4 nitrogen and oxygen atoms in total. The molecule has 0 saturated heterocycles. The van der Waals surface area contributed by atoms with Gasteiger partial charge in [0.25, 0.3) is 0 Å². The van der Waals surface area contributed by atoms with Crippen LogP contribution in [0.25, 0.3) is 0 Å². The van der Waals surface area contributed by atoms with Crippen molar-refractivity contribution in [3.05, 3.63) is 18.0 Å². The van der Waals surface area contributed by atoms with Crippen LogP contribution in [0.15, 0.2) is 12.4 Å². The molecule has 0 spiro atoms. The van der Waals surface area contributed by atoms with E-state index < -0.39 is 0 Å². The Bertz CT molecular complexity index is 348. The van der Waals surface area contributed by atoms with Crippen molar-refractivity contribution in [3.8, 4) is 0 Å². The standard InChI is InChI=1S/C15H28N4/c1-6-13(4)11-19(5)15-17-9-14(10-18-15)8-16-7-12(2)3/h9-10,12-13,16H,6-8,11H2,1-5H3. The zero-order valence-corrected chi connectivity index (χ0v) is 13.0. The van der Waals surface area contributed by atoms with E-state index in [9.17, 15) is 0 Å². The summed E-state index contributed by atoms with van der Waals surface area (Å²) in [5.41, 5.74) is 1.14. The molecule has 1 heterocycles. The first-order valence-corrected chi connectivity index (χ1v) is 7.25. The minimum absolute atomic E-state index is 0.668. The number of anilines is 1. The van der Waals surface area contributed by atoms with Crippen molar-refractivity contribution >= 4 is 5.95 Å². The lowest BCUT2D eigenvalue weighted by Crippen LogP contribution is -2.25. The number of nitrogens with one attached hydrogen (secondary N) is 1. The Balaban J connectivity index is 2.46. The van der Waals surface area contributed by atoms with Crippen molar-refractivity contribution in [3.63, 3.8) is 0 Å². The SMILES string of the molecule is CCC(C)CN(C)c1ncc(CNCC(C)C)cn1. The molecule has 1 aromatic heterocycles. The Morgan fingerprint density at radius 3 is 2.37 bits per heavy atom. The van der Waals surface area contributed by atoms with E-state index in [2.05, 4.69) is 54.9 Å². The molecule has 108 valence electrons. The molecular formula is C15H28N4. The van der Waals surface area contributed by atoms with Gasteiger partial charge in [-0.2, -0.15) is 0 Å². The van der Waals surface area contributed by atoms with Crippen LogP contribution in [0.3, 0.4) is 0 Å². The molecule has 1 N–H and O–H groups in total. The molecule has 1 atom stereocenters. The van der Waals surface area contributed by atoms with Crippen LogP contribution < -0.4 is 10.2 Å². The molecule has 0 saturated carbocycles. The molecule has 1 aromatic rings. The summed E-state index contributed by atoms with van der Waals surface area (Å²) in [5.74, 6) is 2.15.